The van der Waals surface area contributed by atoms with Crippen LogP contribution in [0, 0.1) is 12.7 Å². The molecule has 0 bridgehead atoms. The predicted octanol–water partition coefficient (Wildman–Crippen LogP) is 5.21. The topological polar surface area (TPSA) is 93.3 Å². The van der Waals surface area contributed by atoms with E-state index in [4.69, 9.17) is 10.5 Å². The van der Waals surface area contributed by atoms with E-state index >= 15 is 4.39 Å². The van der Waals surface area contributed by atoms with Crippen molar-refractivity contribution in [2.45, 2.75) is 50.7 Å². The summed E-state index contributed by atoms with van der Waals surface area (Å²) in [5.41, 5.74) is 2.58. The number of rotatable bonds is 5. The van der Waals surface area contributed by atoms with Gasteiger partial charge in [0.15, 0.2) is 5.82 Å². The smallest absolute Gasteiger partial charge is 0.418 e. The van der Waals surface area contributed by atoms with Gasteiger partial charge >= 0.3 is 12.2 Å². The third-order valence-electron chi connectivity index (χ3n) is 8.08. The van der Waals surface area contributed by atoms with Gasteiger partial charge in [-0.3, -0.25) is 9.88 Å². The maximum absolute atomic E-state index is 16.2. The lowest BCUT2D eigenvalue weighted by Gasteiger charge is -2.31. The first kappa shape index (κ1) is 26.6. The van der Waals surface area contributed by atoms with Gasteiger partial charge in [-0.05, 0) is 69.8 Å². The number of pyridine rings is 2. The number of hydrogen-bond donors (Lipinski definition) is 1. The first-order chi connectivity index (χ1) is 19.1. The van der Waals surface area contributed by atoms with E-state index in [0.29, 0.717) is 19.6 Å². The molecule has 0 aromatic carbocycles. The molecule has 2 N–H and O–H groups in total. The van der Waals surface area contributed by atoms with Crippen molar-refractivity contribution in [3.8, 4) is 17.4 Å². The fourth-order valence-corrected chi connectivity index (χ4v) is 6.26. The Labute approximate surface area is 227 Å². The molecule has 0 amide bonds. The predicted molar refractivity (Wildman–Crippen MR) is 139 cm³/mol. The van der Waals surface area contributed by atoms with Gasteiger partial charge < -0.3 is 15.4 Å². The lowest BCUT2D eigenvalue weighted by Crippen LogP contribution is -2.43. The minimum absolute atomic E-state index is 0.0964. The fourth-order valence-electron chi connectivity index (χ4n) is 6.26. The van der Waals surface area contributed by atoms with Gasteiger partial charge in [-0.15, -0.1) is 0 Å². The number of aryl methyl sites for hydroxylation is 1. The number of anilines is 2. The average molecular weight is 562 g/mol. The first-order valence-corrected chi connectivity index (χ1v) is 13.2. The Hall–Kier alpha value is -3.61. The van der Waals surface area contributed by atoms with Gasteiger partial charge in [-0.25, -0.2) is 13.8 Å². The third-order valence-corrected chi connectivity index (χ3v) is 8.08. The number of nitrogens with two attached hydrogens (primary N) is 1. The molecule has 0 unspecified atom stereocenters. The van der Waals surface area contributed by atoms with Crippen LogP contribution in [0.25, 0.3) is 22.3 Å². The van der Waals surface area contributed by atoms with Crippen LogP contribution in [0.15, 0.2) is 24.2 Å². The Morgan fingerprint density at radius 2 is 1.80 bits per heavy atom. The number of fused-ring (bicyclic) bond motifs is 2. The van der Waals surface area contributed by atoms with E-state index in [2.05, 4.69) is 24.8 Å². The summed E-state index contributed by atoms with van der Waals surface area (Å²) in [7, 11) is 0. The maximum Gasteiger partial charge on any atom is 0.418 e. The van der Waals surface area contributed by atoms with Crippen molar-refractivity contribution in [3.05, 3.63) is 41.1 Å². The molecular weight excluding hydrogens is 533 g/mol. The van der Waals surface area contributed by atoms with Gasteiger partial charge in [0, 0.05) is 12.7 Å². The Kier molecular flexibility index (Phi) is 6.51. The van der Waals surface area contributed by atoms with Gasteiger partial charge in [-0.1, -0.05) is 0 Å². The quantitative estimate of drug-likeness (QED) is 0.425. The van der Waals surface area contributed by atoms with Crippen LogP contribution in [0.2, 0.25) is 0 Å². The van der Waals surface area contributed by atoms with E-state index in [-0.39, 0.29) is 52.0 Å². The standard InChI is InChI=1S/C27H28F5N7O/c1-15-11-18(33)35-22(19(15)27(30,31)32)23-20(29)21-17(12-34-23)24(38-8-2-5-16(28)13-38)37-25(36-21)40-14-26-6-3-9-39(26)10-4-7-26/h5,11-12H,2-4,6-10,13-14H2,1H3,(H2,33,35). The van der Waals surface area contributed by atoms with E-state index < -0.39 is 28.9 Å². The number of aromatic nitrogens is 4. The van der Waals surface area contributed by atoms with Gasteiger partial charge in [0.1, 0.15) is 41.0 Å². The lowest BCUT2D eigenvalue weighted by atomic mass is 9.95. The zero-order valence-electron chi connectivity index (χ0n) is 21.9. The zero-order valence-corrected chi connectivity index (χ0v) is 21.9. The Morgan fingerprint density at radius 1 is 1.05 bits per heavy atom. The second kappa shape index (κ2) is 9.79. The van der Waals surface area contributed by atoms with Crippen LogP contribution in [0.4, 0.5) is 33.6 Å². The third kappa shape index (κ3) is 4.59. The SMILES string of the molecule is Cc1cc(N)nc(-c2ncc3c(N4CCC=C(F)C4)nc(OCC45CCCN4CCC5)nc3c2F)c1C(F)(F)F. The summed E-state index contributed by atoms with van der Waals surface area (Å²) >= 11 is 0. The molecule has 3 aromatic heterocycles. The normalized spacial score (nSPS) is 19.2. The molecule has 2 saturated heterocycles. The van der Waals surface area contributed by atoms with E-state index in [0.717, 1.165) is 44.8 Å². The lowest BCUT2D eigenvalue weighted by molar-refractivity contribution is -0.137. The summed E-state index contributed by atoms with van der Waals surface area (Å²) < 4.78 is 78.5. The molecule has 8 nitrogen and oxygen atoms in total. The summed E-state index contributed by atoms with van der Waals surface area (Å²) in [6, 6.07) is 0.944. The number of nitrogen functional groups attached to an aromatic ring is 1. The zero-order chi connectivity index (χ0) is 28.2. The van der Waals surface area contributed by atoms with Crippen LogP contribution in [0.3, 0.4) is 0 Å². The number of hydrogen-bond acceptors (Lipinski definition) is 8. The molecule has 13 heteroatoms. The Morgan fingerprint density at radius 3 is 2.50 bits per heavy atom. The van der Waals surface area contributed by atoms with E-state index in [1.54, 1.807) is 4.90 Å². The molecule has 3 aliphatic heterocycles. The molecule has 0 saturated carbocycles. The highest BCUT2D eigenvalue weighted by molar-refractivity contribution is 5.92. The molecule has 0 spiro atoms. The molecule has 6 heterocycles. The van der Waals surface area contributed by atoms with Crippen molar-refractivity contribution in [1.29, 1.82) is 0 Å². The molecule has 6 rings (SSSR count). The molecular formula is C27H28F5N7O. The summed E-state index contributed by atoms with van der Waals surface area (Å²) in [5.74, 6) is -1.50. The number of nitrogens with zero attached hydrogens (tertiary/aromatic N) is 6. The maximum atomic E-state index is 16.2. The molecule has 3 aromatic rings. The van der Waals surface area contributed by atoms with Crippen LogP contribution in [-0.4, -0.2) is 63.2 Å². The van der Waals surface area contributed by atoms with Gasteiger partial charge in [0.25, 0.3) is 0 Å². The fraction of sp³-hybridized carbons (Fsp3) is 0.481. The van der Waals surface area contributed by atoms with Gasteiger partial charge in [-0.2, -0.15) is 23.1 Å². The van der Waals surface area contributed by atoms with Gasteiger partial charge in [0.2, 0.25) is 0 Å². The highest BCUT2D eigenvalue weighted by Crippen LogP contribution is 2.42. The monoisotopic (exact) mass is 561 g/mol. The van der Waals surface area contributed by atoms with Crippen molar-refractivity contribution < 1.29 is 26.7 Å². The highest BCUT2D eigenvalue weighted by atomic mass is 19.4. The van der Waals surface area contributed by atoms with Gasteiger partial charge in [0.05, 0.1) is 23.0 Å². The van der Waals surface area contributed by atoms with E-state index in [1.165, 1.54) is 19.2 Å². The largest absolute Gasteiger partial charge is 0.461 e. The summed E-state index contributed by atoms with van der Waals surface area (Å²) in [6.45, 7) is 3.77. The summed E-state index contributed by atoms with van der Waals surface area (Å²) in [6.07, 6.45) is 2.24. The van der Waals surface area contributed by atoms with Crippen LogP contribution < -0.4 is 15.4 Å². The summed E-state index contributed by atoms with van der Waals surface area (Å²) in [4.78, 5) is 20.7. The minimum atomic E-state index is -4.83. The van der Waals surface area contributed by atoms with Crippen molar-refractivity contribution in [2.24, 2.45) is 0 Å². The van der Waals surface area contributed by atoms with Crippen LogP contribution in [0.1, 0.15) is 43.2 Å². The highest BCUT2D eigenvalue weighted by Gasteiger charge is 2.45. The molecule has 0 aliphatic carbocycles. The minimum Gasteiger partial charge on any atom is -0.461 e. The first-order valence-electron chi connectivity index (χ1n) is 13.2. The molecule has 2 fully saturated rings. The Balaban J connectivity index is 1.49. The van der Waals surface area contributed by atoms with Crippen LogP contribution in [0.5, 0.6) is 6.01 Å². The molecule has 0 atom stereocenters. The van der Waals surface area contributed by atoms with E-state index in [1.807, 2.05) is 0 Å². The average Bonchev–Trinajstić information content (AvgIpc) is 3.47. The number of ether oxygens (including phenoxy) is 1. The van der Waals surface area contributed by atoms with Crippen LogP contribution >= 0.6 is 0 Å². The molecule has 0 radical (unpaired) electrons. The molecule has 212 valence electrons. The van der Waals surface area contributed by atoms with Crippen LogP contribution in [-0.2, 0) is 6.18 Å². The van der Waals surface area contributed by atoms with Crippen molar-refractivity contribution >= 4 is 22.5 Å². The van der Waals surface area contributed by atoms with Crippen molar-refractivity contribution in [1.82, 2.24) is 24.8 Å². The number of halogens is 5. The van der Waals surface area contributed by atoms with E-state index in [9.17, 15) is 17.6 Å². The number of alkyl halides is 3. The summed E-state index contributed by atoms with van der Waals surface area (Å²) in [5, 5.41) is 0.124. The van der Waals surface area contributed by atoms with Crippen molar-refractivity contribution in [3.63, 3.8) is 0 Å². The molecule has 3 aliphatic rings. The second-order valence-corrected chi connectivity index (χ2v) is 10.7. The molecule has 40 heavy (non-hydrogen) atoms. The second-order valence-electron chi connectivity index (χ2n) is 10.7. The Bertz CT molecular complexity index is 1500. The van der Waals surface area contributed by atoms with Crippen molar-refractivity contribution in [2.75, 3.05) is 43.4 Å².